The van der Waals surface area contributed by atoms with Gasteiger partial charge in [-0.2, -0.15) is 8.78 Å². The fourth-order valence-electron chi connectivity index (χ4n) is 2.04. The minimum absolute atomic E-state index is 0.356. The van der Waals surface area contributed by atoms with E-state index in [9.17, 15) is 18.4 Å². The Balaban J connectivity index is 2.87. The molecular weight excluding hydrogens is 206 g/mol. The maximum absolute atomic E-state index is 13.0. The predicted molar refractivity (Wildman–Crippen MR) is 48.8 cm³/mol. The van der Waals surface area contributed by atoms with Gasteiger partial charge in [0, 0.05) is 5.41 Å². The van der Waals surface area contributed by atoms with Crippen LogP contribution in [0.2, 0.25) is 0 Å². The van der Waals surface area contributed by atoms with Crippen molar-refractivity contribution in [3.63, 3.8) is 0 Å². The molecule has 0 saturated heterocycles. The van der Waals surface area contributed by atoms with E-state index in [1.807, 2.05) is 0 Å². The Labute approximate surface area is 86.5 Å². The Morgan fingerprint density at radius 1 is 1.20 bits per heavy atom. The third kappa shape index (κ3) is 2.16. The van der Waals surface area contributed by atoms with E-state index in [1.165, 1.54) is 6.92 Å². The highest BCUT2D eigenvalue weighted by Crippen LogP contribution is 2.40. The van der Waals surface area contributed by atoms with Crippen molar-refractivity contribution in [1.29, 1.82) is 0 Å². The van der Waals surface area contributed by atoms with E-state index in [4.69, 9.17) is 5.11 Å². The lowest BCUT2D eigenvalue weighted by Gasteiger charge is -2.33. The predicted octanol–water partition coefficient (Wildman–Crippen LogP) is 2.25. The minimum atomic E-state index is -4.24. The van der Waals surface area contributed by atoms with Crippen LogP contribution < -0.4 is 0 Å². The number of rotatable bonds is 3. The molecular formula is C10H14F2O3. The van der Waals surface area contributed by atoms with E-state index in [0.29, 0.717) is 25.7 Å². The summed E-state index contributed by atoms with van der Waals surface area (Å²) in [6.07, 6.45) is 3.04. The summed E-state index contributed by atoms with van der Waals surface area (Å²) < 4.78 is 26.0. The minimum Gasteiger partial charge on any atom is -0.476 e. The highest BCUT2D eigenvalue weighted by atomic mass is 19.3. The van der Waals surface area contributed by atoms with E-state index in [2.05, 4.69) is 0 Å². The molecule has 0 atom stereocenters. The molecule has 0 amide bonds. The monoisotopic (exact) mass is 220 g/mol. The molecule has 0 radical (unpaired) electrons. The van der Waals surface area contributed by atoms with Gasteiger partial charge in [0.15, 0.2) is 0 Å². The summed E-state index contributed by atoms with van der Waals surface area (Å²) in [5, 5.41) is 8.29. The van der Waals surface area contributed by atoms with Crippen LogP contribution >= 0.6 is 0 Å². The average Bonchev–Trinajstić information content (AvgIpc) is 2.17. The highest BCUT2D eigenvalue weighted by molar-refractivity contribution is 6.07. The number of ketones is 1. The summed E-state index contributed by atoms with van der Waals surface area (Å²) in [7, 11) is 0. The van der Waals surface area contributed by atoms with E-state index < -0.39 is 23.1 Å². The first kappa shape index (κ1) is 12.1. The van der Waals surface area contributed by atoms with Crippen LogP contribution in [0.15, 0.2) is 0 Å². The molecule has 0 aliphatic heterocycles. The molecule has 15 heavy (non-hydrogen) atoms. The molecule has 1 rings (SSSR count). The molecule has 1 fully saturated rings. The van der Waals surface area contributed by atoms with Crippen LogP contribution in [0.1, 0.15) is 39.0 Å². The maximum atomic E-state index is 13.0. The number of hydrogen-bond acceptors (Lipinski definition) is 2. The van der Waals surface area contributed by atoms with Gasteiger partial charge in [0.25, 0.3) is 0 Å². The molecule has 0 unspecified atom stereocenters. The zero-order chi connectivity index (χ0) is 11.7. The zero-order valence-corrected chi connectivity index (χ0v) is 8.56. The van der Waals surface area contributed by atoms with Gasteiger partial charge in [0.2, 0.25) is 5.78 Å². The van der Waals surface area contributed by atoms with Crippen molar-refractivity contribution in [2.24, 2.45) is 5.41 Å². The first-order valence-corrected chi connectivity index (χ1v) is 4.97. The third-order valence-corrected chi connectivity index (χ3v) is 3.06. The standard InChI is InChI=1S/C10H14F2O3/c1-9(5-3-2-4-6-9)7(13)10(11,12)8(14)15/h2-6H2,1H3,(H,14,15). The number of carbonyl (C=O) groups excluding carboxylic acids is 1. The second kappa shape index (κ2) is 3.87. The quantitative estimate of drug-likeness (QED) is 0.742. The van der Waals surface area contributed by atoms with Crippen molar-refractivity contribution in [1.82, 2.24) is 0 Å². The van der Waals surface area contributed by atoms with Gasteiger partial charge < -0.3 is 5.11 Å². The number of aliphatic carboxylic acids is 1. The zero-order valence-electron chi connectivity index (χ0n) is 8.56. The smallest absolute Gasteiger partial charge is 0.400 e. The summed E-state index contributed by atoms with van der Waals surface area (Å²) in [6, 6.07) is 0. The first-order valence-electron chi connectivity index (χ1n) is 4.97. The fraction of sp³-hybridized carbons (Fsp3) is 0.800. The average molecular weight is 220 g/mol. The van der Waals surface area contributed by atoms with Gasteiger partial charge in [-0.15, -0.1) is 0 Å². The molecule has 1 N–H and O–H groups in total. The topological polar surface area (TPSA) is 54.4 Å². The second-order valence-corrected chi connectivity index (χ2v) is 4.33. The lowest BCUT2D eigenvalue weighted by atomic mass is 9.71. The van der Waals surface area contributed by atoms with Gasteiger partial charge in [-0.1, -0.05) is 26.2 Å². The first-order chi connectivity index (χ1) is 6.81. The molecule has 0 bridgehead atoms. The van der Waals surface area contributed by atoms with Crippen molar-refractivity contribution in [2.45, 2.75) is 45.0 Å². The highest BCUT2D eigenvalue weighted by Gasteiger charge is 2.54. The van der Waals surface area contributed by atoms with Gasteiger partial charge in [-0.3, -0.25) is 4.79 Å². The van der Waals surface area contributed by atoms with Crippen LogP contribution in [-0.2, 0) is 9.59 Å². The Morgan fingerprint density at radius 3 is 2.07 bits per heavy atom. The van der Waals surface area contributed by atoms with Crippen molar-refractivity contribution in [3.8, 4) is 0 Å². The molecule has 3 nitrogen and oxygen atoms in total. The normalized spacial score (nSPS) is 21.0. The lowest BCUT2D eigenvalue weighted by molar-refractivity contribution is -0.177. The number of halogens is 2. The molecule has 1 aliphatic carbocycles. The SMILES string of the molecule is CC1(C(=O)C(F)(F)C(=O)O)CCCCC1. The van der Waals surface area contributed by atoms with E-state index >= 15 is 0 Å². The van der Waals surface area contributed by atoms with Crippen LogP contribution in [-0.4, -0.2) is 22.8 Å². The Kier molecular flexibility index (Phi) is 3.11. The van der Waals surface area contributed by atoms with Gasteiger partial charge >= 0.3 is 11.9 Å². The molecule has 0 aromatic heterocycles. The molecule has 0 heterocycles. The number of carbonyl (C=O) groups is 2. The number of carboxylic acids is 1. The van der Waals surface area contributed by atoms with Crippen molar-refractivity contribution < 1.29 is 23.5 Å². The molecule has 5 heteroatoms. The largest absolute Gasteiger partial charge is 0.476 e. The summed E-state index contributed by atoms with van der Waals surface area (Å²) in [6.45, 7) is 1.44. The number of alkyl halides is 2. The number of carboxylic acid groups (broad SMARTS) is 1. The van der Waals surface area contributed by atoms with Gasteiger partial charge in [0.05, 0.1) is 0 Å². The summed E-state index contributed by atoms with van der Waals surface area (Å²) in [5.74, 6) is -8.03. The van der Waals surface area contributed by atoms with E-state index in [1.54, 1.807) is 0 Å². The van der Waals surface area contributed by atoms with E-state index in [0.717, 1.165) is 6.42 Å². The van der Waals surface area contributed by atoms with Crippen LogP contribution in [0.5, 0.6) is 0 Å². The van der Waals surface area contributed by atoms with Crippen LogP contribution in [0.3, 0.4) is 0 Å². The van der Waals surface area contributed by atoms with Crippen molar-refractivity contribution >= 4 is 11.8 Å². The van der Waals surface area contributed by atoms with Crippen molar-refractivity contribution in [2.75, 3.05) is 0 Å². The molecule has 0 spiro atoms. The maximum Gasteiger partial charge on any atom is 0.400 e. The van der Waals surface area contributed by atoms with Crippen LogP contribution in [0.4, 0.5) is 8.78 Å². The molecule has 0 aromatic rings. The Morgan fingerprint density at radius 2 is 1.67 bits per heavy atom. The summed E-state index contributed by atoms with van der Waals surface area (Å²) in [4.78, 5) is 21.7. The van der Waals surface area contributed by atoms with Gasteiger partial charge in [0.1, 0.15) is 0 Å². The lowest BCUT2D eigenvalue weighted by Crippen LogP contribution is -2.47. The molecule has 1 aliphatic rings. The second-order valence-electron chi connectivity index (χ2n) is 4.33. The molecule has 1 saturated carbocycles. The van der Waals surface area contributed by atoms with Crippen molar-refractivity contribution in [3.05, 3.63) is 0 Å². The van der Waals surface area contributed by atoms with Gasteiger partial charge in [-0.05, 0) is 12.8 Å². The molecule has 0 aromatic carbocycles. The number of Topliss-reactive ketones (excluding diaryl/α,β-unsaturated/α-hetero) is 1. The Bertz CT molecular complexity index is 280. The fourth-order valence-corrected chi connectivity index (χ4v) is 2.04. The Hall–Kier alpha value is -1.00. The summed E-state index contributed by atoms with van der Waals surface area (Å²) in [5.41, 5.74) is -1.17. The van der Waals surface area contributed by atoms with Crippen LogP contribution in [0.25, 0.3) is 0 Å². The van der Waals surface area contributed by atoms with E-state index in [-0.39, 0.29) is 0 Å². The number of hydrogen-bond donors (Lipinski definition) is 1. The van der Waals surface area contributed by atoms with Gasteiger partial charge in [-0.25, -0.2) is 4.79 Å². The summed E-state index contributed by atoms with van der Waals surface area (Å²) >= 11 is 0. The molecule has 86 valence electrons. The van der Waals surface area contributed by atoms with Crippen LogP contribution in [0, 0.1) is 5.41 Å². The third-order valence-electron chi connectivity index (χ3n) is 3.06.